The molecule has 0 amide bonds. The average molecular weight is 233 g/mol. The first-order valence-corrected chi connectivity index (χ1v) is 5.51. The van der Waals surface area contributed by atoms with Crippen LogP contribution in [-0.4, -0.2) is 17.7 Å². The molecule has 16 heavy (non-hydrogen) atoms. The fraction of sp³-hybridized carbons (Fsp3) is 0.154. The van der Waals surface area contributed by atoms with E-state index in [2.05, 4.69) is 16.0 Å². The predicted octanol–water partition coefficient (Wildman–Crippen LogP) is 3.73. The lowest BCUT2D eigenvalue weighted by Gasteiger charge is -2.02. The molecule has 0 bridgehead atoms. The van der Waals surface area contributed by atoms with E-state index in [0.717, 1.165) is 22.2 Å². The number of para-hydroxylation sites is 1. The number of aliphatic imine (C=N–C) groups is 1. The summed E-state index contributed by atoms with van der Waals surface area (Å²) in [5, 5.41) is 1.82. The lowest BCUT2D eigenvalue weighted by atomic mass is 10.1. The first-order valence-electron chi connectivity index (χ1n) is 5.13. The summed E-state index contributed by atoms with van der Waals surface area (Å²) in [5.41, 5.74) is 2.96. The van der Waals surface area contributed by atoms with Gasteiger partial charge >= 0.3 is 0 Å². The van der Waals surface area contributed by atoms with E-state index >= 15 is 0 Å². The lowest BCUT2D eigenvalue weighted by molar-refractivity contribution is 1.42. The monoisotopic (exact) mass is 232 g/mol. The van der Waals surface area contributed by atoms with Gasteiger partial charge in [-0.05, 0) is 13.0 Å². The Morgan fingerprint density at radius 1 is 1.38 bits per heavy atom. The van der Waals surface area contributed by atoms with Gasteiger partial charge in [0, 0.05) is 29.7 Å². The van der Waals surface area contributed by atoms with Crippen molar-refractivity contribution in [3.8, 4) is 0 Å². The summed E-state index contributed by atoms with van der Waals surface area (Å²) in [4.78, 5) is 7.46. The highest BCUT2D eigenvalue weighted by Gasteiger charge is 2.11. The van der Waals surface area contributed by atoms with Crippen molar-refractivity contribution >= 4 is 28.2 Å². The van der Waals surface area contributed by atoms with Crippen LogP contribution in [0.15, 0.2) is 46.6 Å². The van der Waals surface area contributed by atoms with E-state index in [-0.39, 0.29) is 0 Å². The van der Waals surface area contributed by atoms with Crippen molar-refractivity contribution in [3.63, 3.8) is 0 Å². The molecule has 0 aliphatic heterocycles. The number of aromatic amines is 1. The second kappa shape index (κ2) is 4.54. The van der Waals surface area contributed by atoms with Gasteiger partial charge in [0.15, 0.2) is 0 Å². The Bertz CT molecular complexity index is 564. The molecule has 3 heteroatoms. The Balaban J connectivity index is 2.63. The second-order valence-electron chi connectivity index (χ2n) is 3.46. The Labute approximate surface area is 99.7 Å². The van der Waals surface area contributed by atoms with Gasteiger partial charge in [0.1, 0.15) is 0 Å². The van der Waals surface area contributed by atoms with E-state index in [1.54, 1.807) is 7.05 Å². The highest BCUT2D eigenvalue weighted by atomic mass is 35.5. The molecule has 0 aliphatic rings. The van der Waals surface area contributed by atoms with Crippen LogP contribution in [0.5, 0.6) is 0 Å². The van der Waals surface area contributed by atoms with Crippen LogP contribution >= 0.6 is 11.6 Å². The molecule has 0 saturated heterocycles. The number of nitrogens with one attached hydrogen (secondary N) is 1. The van der Waals surface area contributed by atoms with Gasteiger partial charge in [-0.15, -0.1) is 0 Å². The number of H-pyrrole nitrogens is 1. The van der Waals surface area contributed by atoms with Gasteiger partial charge in [0.05, 0.1) is 10.7 Å². The maximum Gasteiger partial charge on any atom is 0.0847 e. The summed E-state index contributed by atoms with van der Waals surface area (Å²) in [6.45, 7) is 1.91. The molecule has 0 fully saturated rings. The number of halogens is 1. The number of benzene rings is 1. The standard InChI is InChI=1S/C13H13ClN2/c1-3-11(14)13(15-2)10-8-16-12-7-5-4-6-9(10)12/h3-8,16H,1-2H3/b11-3+,15-13?. The first-order chi connectivity index (χ1) is 7.77. The molecule has 0 aliphatic carbocycles. The van der Waals surface area contributed by atoms with Crippen LogP contribution in [0.25, 0.3) is 10.9 Å². The maximum atomic E-state index is 6.14. The molecule has 1 aromatic carbocycles. The normalized spacial score (nSPS) is 13.4. The van der Waals surface area contributed by atoms with Crippen LogP contribution in [0.2, 0.25) is 0 Å². The molecule has 1 N–H and O–H groups in total. The number of aromatic nitrogens is 1. The smallest absolute Gasteiger partial charge is 0.0847 e. The Kier molecular flexibility index (Phi) is 3.11. The predicted molar refractivity (Wildman–Crippen MR) is 70.4 cm³/mol. The second-order valence-corrected chi connectivity index (χ2v) is 3.86. The molecule has 1 heterocycles. The van der Waals surface area contributed by atoms with Gasteiger partial charge in [-0.1, -0.05) is 35.9 Å². The molecular weight excluding hydrogens is 220 g/mol. The number of rotatable bonds is 2. The number of hydrogen-bond donors (Lipinski definition) is 1. The summed E-state index contributed by atoms with van der Waals surface area (Å²) in [5.74, 6) is 0. The fourth-order valence-electron chi connectivity index (χ4n) is 1.76. The lowest BCUT2D eigenvalue weighted by Crippen LogP contribution is -1.99. The van der Waals surface area contributed by atoms with Gasteiger partial charge in [0.2, 0.25) is 0 Å². The van der Waals surface area contributed by atoms with Crippen molar-refractivity contribution in [2.24, 2.45) is 4.99 Å². The quantitative estimate of drug-likeness (QED) is 0.765. The van der Waals surface area contributed by atoms with Gasteiger partial charge in [0.25, 0.3) is 0 Å². The Morgan fingerprint density at radius 2 is 2.12 bits per heavy atom. The highest BCUT2D eigenvalue weighted by Crippen LogP contribution is 2.22. The van der Waals surface area contributed by atoms with E-state index in [9.17, 15) is 0 Å². The Morgan fingerprint density at radius 3 is 2.81 bits per heavy atom. The van der Waals surface area contributed by atoms with Gasteiger partial charge < -0.3 is 4.98 Å². The molecule has 1 aromatic heterocycles. The molecule has 2 nitrogen and oxygen atoms in total. The van der Waals surface area contributed by atoms with Gasteiger partial charge in [-0.25, -0.2) is 0 Å². The molecular formula is C13H13ClN2. The topological polar surface area (TPSA) is 28.1 Å². The van der Waals surface area contributed by atoms with Crippen molar-refractivity contribution in [2.75, 3.05) is 7.05 Å². The minimum atomic E-state index is 0.673. The third-order valence-corrected chi connectivity index (χ3v) is 2.94. The van der Waals surface area contributed by atoms with E-state index in [0.29, 0.717) is 5.03 Å². The minimum absolute atomic E-state index is 0.673. The first kappa shape index (κ1) is 11.0. The van der Waals surface area contributed by atoms with Crippen LogP contribution in [0, 0.1) is 0 Å². The largest absolute Gasteiger partial charge is 0.360 e. The van der Waals surface area contributed by atoms with E-state index in [4.69, 9.17) is 11.6 Å². The highest BCUT2D eigenvalue weighted by molar-refractivity contribution is 6.47. The molecule has 2 rings (SSSR count). The molecule has 2 aromatic rings. The molecule has 0 atom stereocenters. The molecule has 82 valence electrons. The number of fused-ring (bicyclic) bond motifs is 1. The number of hydrogen-bond acceptors (Lipinski definition) is 1. The van der Waals surface area contributed by atoms with E-state index < -0.39 is 0 Å². The maximum absolute atomic E-state index is 6.14. The van der Waals surface area contributed by atoms with Crippen molar-refractivity contribution in [2.45, 2.75) is 6.92 Å². The molecule has 0 unspecified atom stereocenters. The van der Waals surface area contributed by atoms with Crippen LogP contribution in [0.4, 0.5) is 0 Å². The fourth-order valence-corrected chi connectivity index (χ4v) is 1.95. The summed E-state index contributed by atoms with van der Waals surface area (Å²) in [6.07, 6.45) is 3.80. The molecule has 0 spiro atoms. The summed E-state index contributed by atoms with van der Waals surface area (Å²) < 4.78 is 0. The zero-order valence-electron chi connectivity index (χ0n) is 9.29. The summed E-state index contributed by atoms with van der Waals surface area (Å²) in [6, 6.07) is 8.11. The third kappa shape index (κ3) is 1.76. The zero-order chi connectivity index (χ0) is 11.5. The van der Waals surface area contributed by atoms with Crippen LogP contribution < -0.4 is 0 Å². The Hall–Kier alpha value is -1.54. The zero-order valence-corrected chi connectivity index (χ0v) is 10.0. The molecule has 0 radical (unpaired) electrons. The molecule has 0 saturated carbocycles. The van der Waals surface area contributed by atoms with Crippen LogP contribution in [0.1, 0.15) is 12.5 Å². The van der Waals surface area contributed by atoms with Crippen LogP contribution in [0.3, 0.4) is 0 Å². The minimum Gasteiger partial charge on any atom is -0.360 e. The third-order valence-electron chi connectivity index (χ3n) is 2.55. The van der Waals surface area contributed by atoms with Crippen molar-refractivity contribution < 1.29 is 0 Å². The van der Waals surface area contributed by atoms with Crippen molar-refractivity contribution in [1.82, 2.24) is 4.98 Å². The van der Waals surface area contributed by atoms with E-state index in [1.807, 2.05) is 37.4 Å². The average Bonchev–Trinajstić information content (AvgIpc) is 2.74. The summed E-state index contributed by atoms with van der Waals surface area (Å²) >= 11 is 6.14. The number of nitrogens with zero attached hydrogens (tertiary/aromatic N) is 1. The van der Waals surface area contributed by atoms with Gasteiger partial charge in [-0.3, -0.25) is 4.99 Å². The van der Waals surface area contributed by atoms with E-state index in [1.165, 1.54) is 0 Å². The van der Waals surface area contributed by atoms with Crippen LogP contribution in [-0.2, 0) is 0 Å². The van der Waals surface area contributed by atoms with Crippen molar-refractivity contribution in [3.05, 3.63) is 47.1 Å². The summed E-state index contributed by atoms with van der Waals surface area (Å²) in [7, 11) is 1.75. The SMILES string of the molecule is C/C=C(/Cl)C(=NC)c1c[nH]c2ccccc12. The van der Waals surface area contributed by atoms with Gasteiger partial charge in [-0.2, -0.15) is 0 Å². The van der Waals surface area contributed by atoms with Crippen molar-refractivity contribution in [1.29, 1.82) is 0 Å². The number of allylic oxidation sites excluding steroid dienone is 2.